The summed E-state index contributed by atoms with van der Waals surface area (Å²) in [5, 5.41) is 0.0458. The normalized spacial score (nSPS) is 13.7. The summed E-state index contributed by atoms with van der Waals surface area (Å²) in [5.41, 5.74) is 5.20. The number of hydrogen-bond acceptors (Lipinski definition) is 3. The van der Waals surface area contributed by atoms with E-state index in [1.807, 2.05) is 13.8 Å². The van der Waals surface area contributed by atoms with Gasteiger partial charge in [0.1, 0.15) is 4.90 Å². The van der Waals surface area contributed by atoms with E-state index < -0.39 is 20.7 Å². The minimum atomic E-state index is -4.03. The highest BCUT2D eigenvalue weighted by molar-refractivity contribution is 9.10. The lowest BCUT2D eigenvalue weighted by Gasteiger charge is -2.22. The quantitative estimate of drug-likeness (QED) is 0.560. The minimum Gasteiger partial charge on any atom is -0.395 e. The SMILES string of the molecule is CCC(CC)C(C)NS(=O)(=O)c1cc(Cl)c(Br)c(N)c1F. The molecule has 1 unspecified atom stereocenters. The fourth-order valence-electron chi connectivity index (χ4n) is 2.20. The molecule has 0 radical (unpaired) electrons. The highest BCUT2D eigenvalue weighted by atomic mass is 79.9. The molecule has 0 saturated heterocycles. The molecule has 1 rings (SSSR count). The number of sulfonamides is 1. The fourth-order valence-corrected chi connectivity index (χ4v) is 4.19. The van der Waals surface area contributed by atoms with E-state index in [4.69, 9.17) is 17.3 Å². The van der Waals surface area contributed by atoms with Gasteiger partial charge in [0.25, 0.3) is 0 Å². The number of rotatable bonds is 6. The molecule has 0 aliphatic rings. The van der Waals surface area contributed by atoms with E-state index in [9.17, 15) is 12.8 Å². The second-order valence-electron chi connectivity index (χ2n) is 4.88. The summed E-state index contributed by atoms with van der Waals surface area (Å²) in [7, 11) is -4.03. The summed E-state index contributed by atoms with van der Waals surface area (Å²) >= 11 is 8.88. The third kappa shape index (κ3) is 4.09. The van der Waals surface area contributed by atoms with Gasteiger partial charge >= 0.3 is 0 Å². The van der Waals surface area contributed by atoms with Crippen LogP contribution in [0.4, 0.5) is 10.1 Å². The molecule has 0 heterocycles. The van der Waals surface area contributed by atoms with Gasteiger partial charge in [-0.15, -0.1) is 0 Å². The van der Waals surface area contributed by atoms with Crippen molar-refractivity contribution in [3.05, 3.63) is 21.4 Å². The van der Waals surface area contributed by atoms with Gasteiger partial charge in [0.05, 0.1) is 15.2 Å². The van der Waals surface area contributed by atoms with Crippen molar-refractivity contribution in [1.82, 2.24) is 4.72 Å². The van der Waals surface area contributed by atoms with Gasteiger partial charge < -0.3 is 5.73 Å². The van der Waals surface area contributed by atoms with E-state index >= 15 is 0 Å². The molecule has 3 N–H and O–H groups in total. The van der Waals surface area contributed by atoms with Crippen LogP contribution in [-0.4, -0.2) is 14.5 Å². The molecule has 0 fully saturated rings. The fraction of sp³-hybridized carbons (Fsp3) is 0.538. The molecule has 0 aliphatic heterocycles. The Kier molecular flexibility index (Phi) is 6.46. The van der Waals surface area contributed by atoms with E-state index in [2.05, 4.69) is 20.7 Å². The van der Waals surface area contributed by atoms with Crippen molar-refractivity contribution in [3.8, 4) is 0 Å². The first-order valence-corrected chi connectivity index (χ1v) is 9.26. The van der Waals surface area contributed by atoms with Crippen molar-refractivity contribution < 1.29 is 12.8 Å². The van der Waals surface area contributed by atoms with Gasteiger partial charge in [-0.25, -0.2) is 17.5 Å². The van der Waals surface area contributed by atoms with Crippen LogP contribution in [0.3, 0.4) is 0 Å². The Morgan fingerprint density at radius 2 is 1.95 bits per heavy atom. The van der Waals surface area contributed by atoms with Crippen molar-refractivity contribution in [1.29, 1.82) is 0 Å². The molecule has 8 heteroatoms. The predicted molar refractivity (Wildman–Crippen MR) is 87.4 cm³/mol. The molecule has 0 aromatic heterocycles. The van der Waals surface area contributed by atoms with E-state index in [1.165, 1.54) is 0 Å². The summed E-state index contributed by atoms with van der Waals surface area (Å²) in [4.78, 5) is -0.536. The zero-order valence-corrected chi connectivity index (χ0v) is 15.2. The number of halogens is 3. The molecule has 0 aliphatic carbocycles. The lowest BCUT2D eigenvalue weighted by molar-refractivity contribution is 0.390. The second-order valence-corrected chi connectivity index (χ2v) is 7.77. The van der Waals surface area contributed by atoms with Gasteiger partial charge in [0.15, 0.2) is 5.82 Å². The van der Waals surface area contributed by atoms with Gasteiger partial charge in [-0.05, 0) is 34.8 Å². The summed E-state index contributed by atoms with van der Waals surface area (Å²) in [5.74, 6) is -0.832. The van der Waals surface area contributed by atoms with Gasteiger partial charge in [0.2, 0.25) is 10.0 Å². The van der Waals surface area contributed by atoms with Crippen LogP contribution in [0.15, 0.2) is 15.4 Å². The van der Waals surface area contributed by atoms with Crippen LogP contribution in [0.2, 0.25) is 5.02 Å². The van der Waals surface area contributed by atoms with Crippen molar-refractivity contribution in [2.24, 2.45) is 5.92 Å². The molecule has 0 saturated carbocycles. The highest BCUT2D eigenvalue weighted by Crippen LogP contribution is 2.34. The zero-order chi connectivity index (χ0) is 16.4. The average Bonchev–Trinajstić information content (AvgIpc) is 2.41. The van der Waals surface area contributed by atoms with Crippen LogP contribution in [0, 0.1) is 11.7 Å². The van der Waals surface area contributed by atoms with Crippen molar-refractivity contribution in [2.45, 2.75) is 44.6 Å². The summed E-state index contributed by atoms with van der Waals surface area (Å²) in [6, 6.07) is 0.743. The van der Waals surface area contributed by atoms with Crippen LogP contribution in [-0.2, 0) is 10.0 Å². The minimum absolute atomic E-state index is 0.0458. The Labute approximate surface area is 138 Å². The average molecular weight is 402 g/mol. The Morgan fingerprint density at radius 3 is 2.43 bits per heavy atom. The summed E-state index contributed by atoms with van der Waals surface area (Å²) in [6.07, 6.45) is 1.65. The van der Waals surface area contributed by atoms with Crippen LogP contribution in [0.25, 0.3) is 0 Å². The van der Waals surface area contributed by atoms with Gasteiger partial charge in [-0.2, -0.15) is 0 Å². The Balaban J connectivity index is 3.21. The van der Waals surface area contributed by atoms with Crippen molar-refractivity contribution in [3.63, 3.8) is 0 Å². The molecule has 21 heavy (non-hydrogen) atoms. The molecule has 0 amide bonds. The smallest absolute Gasteiger partial charge is 0.243 e. The second kappa shape index (κ2) is 7.26. The van der Waals surface area contributed by atoms with E-state index in [1.54, 1.807) is 6.92 Å². The zero-order valence-electron chi connectivity index (χ0n) is 12.1. The third-order valence-corrected chi connectivity index (χ3v) is 6.48. The van der Waals surface area contributed by atoms with Crippen LogP contribution >= 0.6 is 27.5 Å². The van der Waals surface area contributed by atoms with Gasteiger partial charge in [-0.1, -0.05) is 38.3 Å². The third-order valence-electron chi connectivity index (χ3n) is 3.54. The Morgan fingerprint density at radius 1 is 1.43 bits per heavy atom. The predicted octanol–water partition coefficient (Wildman–Crippen LogP) is 3.93. The summed E-state index contributed by atoms with van der Waals surface area (Å²) in [6.45, 7) is 5.72. The lowest BCUT2D eigenvalue weighted by Crippen LogP contribution is -2.38. The topological polar surface area (TPSA) is 72.2 Å². The number of benzene rings is 1. The van der Waals surface area contributed by atoms with Gasteiger partial charge in [-0.3, -0.25) is 0 Å². The first-order chi connectivity index (χ1) is 9.65. The maximum atomic E-state index is 14.1. The standard InChI is InChI=1S/C13H19BrClFN2O2S/c1-4-8(5-2)7(3)18-21(19,20)10-6-9(15)11(14)13(17)12(10)16/h6-8,18H,4-5,17H2,1-3H3. The molecule has 120 valence electrons. The first kappa shape index (κ1) is 18.7. The lowest BCUT2D eigenvalue weighted by atomic mass is 9.96. The Hall–Kier alpha value is -0.370. The van der Waals surface area contributed by atoms with Gasteiger partial charge in [0, 0.05) is 6.04 Å². The van der Waals surface area contributed by atoms with Crippen LogP contribution in [0.1, 0.15) is 33.6 Å². The summed E-state index contributed by atoms with van der Waals surface area (Å²) < 4.78 is 41.4. The molecule has 0 bridgehead atoms. The number of nitrogens with two attached hydrogens (primary N) is 1. The van der Waals surface area contributed by atoms with E-state index in [0.717, 1.165) is 18.9 Å². The van der Waals surface area contributed by atoms with E-state index in [-0.39, 0.29) is 27.1 Å². The largest absolute Gasteiger partial charge is 0.395 e. The molecule has 1 atom stereocenters. The monoisotopic (exact) mass is 400 g/mol. The molecular formula is C13H19BrClFN2O2S. The number of anilines is 1. The van der Waals surface area contributed by atoms with Crippen LogP contribution in [0.5, 0.6) is 0 Å². The Bertz CT molecular complexity index is 621. The van der Waals surface area contributed by atoms with Crippen molar-refractivity contribution >= 4 is 43.2 Å². The highest BCUT2D eigenvalue weighted by Gasteiger charge is 2.27. The maximum Gasteiger partial charge on any atom is 0.243 e. The van der Waals surface area contributed by atoms with Crippen molar-refractivity contribution in [2.75, 3.05) is 5.73 Å². The molecule has 1 aromatic carbocycles. The maximum absolute atomic E-state index is 14.1. The number of nitrogens with one attached hydrogen (secondary N) is 1. The first-order valence-electron chi connectivity index (χ1n) is 6.60. The number of nitrogen functional groups attached to an aromatic ring is 1. The molecule has 1 aromatic rings. The van der Waals surface area contributed by atoms with E-state index in [0.29, 0.717) is 0 Å². The molecule has 4 nitrogen and oxygen atoms in total. The molecule has 0 spiro atoms. The molecular weight excluding hydrogens is 383 g/mol. The number of hydrogen-bond donors (Lipinski definition) is 2. The van der Waals surface area contributed by atoms with Crippen LogP contribution < -0.4 is 10.5 Å².